The van der Waals surface area contributed by atoms with E-state index in [9.17, 15) is 0 Å². The molecule has 0 aromatic carbocycles. The molecule has 1 atom stereocenters. The molecule has 0 fully saturated rings. The van der Waals surface area contributed by atoms with E-state index in [0.717, 1.165) is 12.8 Å². The van der Waals surface area contributed by atoms with Gasteiger partial charge in [0.2, 0.25) is 0 Å². The highest BCUT2D eigenvalue weighted by molar-refractivity contribution is 5.02. The number of nitrogens with zero attached hydrogens (tertiary/aromatic N) is 3. The Bertz CT molecular complexity index is 342. The minimum absolute atomic E-state index is 0.0212. The summed E-state index contributed by atoms with van der Waals surface area (Å²) in [7, 11) is 6.13. The van der Waals surface area contributed by atoms with Crippen LogP contribution in [-0.2, 0) is 13.5 Å². The van der Waals surface area contributed by atoms with E-state index in [1.165, 1.54) is 5.69 Å². The molecule has 0 amide bonds. The predicted molar refractivity (Wildman–Crippen MR) is 70.4 cm³/mol. The van der Waals surface area contributed by atoms with Crippen molar-refractivity contribution in [1.29, 1.82) is 0 Å². The Labute approximate surface area is 104 Å². The van der Waals surface area contributed by atoms with Gasteiger partial charge < -0.3 is 4.90 Å². The highest BCUT2D eigenvalue weighted by atomic mass is 15.3. The second-order valence-electron chi connectivity index (χ2n) is 5.25. The topological polar surface area (TPSA) is 59.1 Å². The Morgan fingerprint density at radius 3 is 2.59 bits per heavy atom. The fraction of sp³-hybridized carbons (Fsp3) is 0.750. The minimum atomic E-state index is 0.0212. The molecule has 0 aliphatic carbocycles. The van der Waals surface area contributed by atoms with Gasteiger partial charge in [-0.15, -0.1) is 0 Å². The van der Waals surface area contributed by atoms with Crippen molar-refractivity contribution in [3.63, 3.8) is 0 Å². The molecular weight excluding hydrogens is 214 g/mol. The Morgan fingerprint density at radius 1 is 1.53 bits per heavy atom. The Balaban J connectivity index is 2.62. The molecule has 0 bridgehead atoms. The summed E-state index contributed by atoms with van der Waals surface area (Å²) in [5.74, 6) is 5.68. The lowest BCUT2D eigenvalue weighted by molar-refractivity contribution is 0.132. The first-order chi connectivity index (χ1) is 7.89. The SMILES string of the molecule is CN(C)C(C)(C)C(CCc1ccnn1C)NN. The number of rotatable bonds is 6. The highest BCUT2D eigenvalue weighted by Gasteiger charge is 2.30. The van der Waals surface area contributed by atoms with E-state index >= 15 is 0 Å². The van der Waals surface area contributed by atoms with Gasteiger partial charge in [-0.05, 0) is 46.9 Å². The molecule has 0 aliphatic heterocycles. The Kier molecular flexibility index (Phi) is 4.68. The Hall–Kier alpha value is -0.910. The zero-order valence-electron chi connectivity index (χ0n) is 11.6. The molecule has 3 N–H and O–H groups in total. The molecule has 98 valence electrons. The molecule has 5 heteroatoms. The van der Waals surface area contributed by atoms with Gasteiger partial charge in [0.05, 0.1) is 0 Å². The monoisotopic (exact) mass is 239 g/mol. The van der Waals surface area contributed by atoms with Crippen LogP contribution in [0.4, 0.5) is 0 Å². The smallest absolute Gasteiger partial charge is 0.0492 e. The second-order valence-corrected chi connectivity index (χ2v) is 5.25. The molecule has 0 spiro atoms. The third kappa shape index (κ3) is 3.28. The fourth-order valence-corrected chi connectivity index (χ4v) is 1.89. The summed E-state index contributed by atoms with van der Waals surface area (Å²) in [6.45, 7) is 4.39. The second kappa shape index (κ2) is 5.62. The van der Waals surface area contributed by atoms with Crippen molar-refractivity contribution in [2.24, 2.45) is 12.9 Å². The minimum Gasteiger partial charge on any atom is -0.303 e. The lowest BCUT2D eigenvalue weighted by atomic mass is 9.89. The van der Waals surface area contributed by atoms with Crippen LogP contribution in [0.15, 0.2) is 12.3 Å². The van der Waals surface area contributed by atoms with E-state index in [4.69, 9.17) is 5.84 Å². The number of hydrazine groups is 1. The normalized spacial score (nSPS) is 14.3. The van der Waals surface area contributed by atoms with Crippen LogP contribution in [0.1, 0.15) is 26.0 Å². The number of nitrogens with two attached hydrogens (primary N) is 1. The van der Waals surface area contributed by atoms with Gasteiger partial charge in [-0.1, -0.05) is 0 Å². The lowest BCUT2D eigenvalue weighted by Crippen LogP contribution is -2.57. The fourth-order valence-electron chi connectivity index (χ4n) is 1.89. The maximum atomic E-state index is 5.68. The van der Waals surface area contributed by atoms with Crippen molar-refractivity contribution in [1.82, 2.24) is 20.1 Å². The van der Waals surface area contributed by atoms with Crippen LogP contribution in [0.2, 0.25) is 0 Å². The molecule has 0 saturated heterocycles. The summed E-state index contributed by atoms with van der Waals surface area (Å²) >= 11 is 0. The van der Waals surface area contributed by atoms with Gasteiger partial charge in [0.25, 0.3) is 0 Å². The quantitative estimate of drug-likeness (QED) is 0.561. The highest BCUT2D eigenvalue weighted by Crippen LogP contribution is 2.19. The van der Waals surface area contributed by atoms with Gasteiger partial charge >= 0.3 is 0 Å². The van der Waals surface area contributed by atoms with Crippen LogP contribution in [0.3, 0.4) is 0 Å². The molecule has 1 rings (SSSR count). The molecule has 0 radical (unpaired) electrons. The van der Waals surface area contributed by atoms with Crippen molar-refractivity contribution in [3.8, 4) is 0 Å². The molecular formula is C12H25N5. The van der Waals surface area contributed by atoms with Gasteiger partial charge in [0.15, 0.2) is 0 Å². The van der Waals surface area contributed by atoms with Gasteiger partial charge in [0, 0.05) is 30.5 Å². The van der Waals surface area contributed by atoms with Crippen molar-refractivity contribution in [2.45, 2.75) is 38.3 Å². The van der Waals surface area contributed by atoms with Gasteiger partial charge in [-0.2, -0.15) is 5.10 Å². The summed E-state index contributed by atoms with van der Waals surface area (Å²) in [6.07, 6.45) is 3.79. The number of likely N-dealkylation sites (N-methyl/N-ethyl adjacent to an activating group) is 1. The average molecular weight is 239 g/mol. The molecule has 1 aromatic rings. The summed E-state index contributed by atoms with van der Waals surface area (Å²) in [6, 6.07) is 2.29. The van der Waals surface area contributed by atoms with Crippen molar-refractivity contribution in [2.75, 3.05) is 14.1 Å². The molecule has 0 aliphatic rings. The van der Waals surface area contributed by atoms with Crippen LogP contribution in [-0.4, -0.2) is 40.4 Å². The first-order valence-corrected chi connectivity index (χ1v) is 6.00. The molecule has 1 unspecified atom stereocenters. The van der Waals surface area contributed by atoms with E-state index in [1.54, 1.807) is 0 Å². The lowest BCUT2D eigenvalue weighted by Gasteiger charge is -2.39. The van der Waals surface area contributed by atoms with Crippen molar-refractivity contribution in [3.05, 3.63) is 18.0 Å². The first kappa shape index (κ1) is 14.2. The summed E-state index contributed by atoms with van der Waals surface area (Å²) < 4.78 is 1.91. The molecule has 5 nitrogen and oxygen atoms in total. The third-order valence-electron chi connectivity index (χ3n) is 3.82. The molecule has 0 saturated carbocycles. The van der Waals surface area contributed by atoms with Gasteiger partial charge in [-0.25, -0.2) is 0 Å². The van der Waals surface area contributed by atoms with E-state index in [-0.39, 0.29) is 11.6 Å². The zero-order chi connectivity index (χ0) is 13.1. The first-order valence-electron chi connectivity index (χ1n) is 6.00. The summed E-state index contributed by atoms with van der Waals surface area (Å²) in [5, 5.41) is 4.17. The predicted octanol–water partition coefficient (Wildman–Crippen LogP) is 0.525. The molecule has 1 aromatic heterocycles. The standard InChI is InChI=1S/C12H25N5/c1-12(2,16(3)4)11(15-13)7-6-10-8-9-14-17(10)5/h8-9,11,15H,6-7,13H2,1-5H3. The maximum Gasteiger partial charge on any atom is 0.0492 e. The van der Waals surface area contributed by atoms with E-state index < -0.39 is 0 Å². The van der Waals surface area contributed by atoms with Crippen molar-refractivity contribution >= 4 is 0 Å². The van der Waals surface area contributed by atoms with Crippen LogP contribution in [0, 0.1) is 0 Å². The summed E-state index contributed by atoms with van der Waals surface area (Å²) in [5.41, 5.74) is 4.19. The van der Waals surface area contributed by atoms with Crippen LogP contribution >= 0.6 is 0 Å². The molecule has 17 heavy (non-hydrogen) atoms. The number of aromatic nitrogens is 2. The third-order valence-corrected chi connectivity index (χ3v) is 3.82. The largest absolute Gasteiger partial charge is 0.303 e. The number of hydrogen-bond acceptors (Lipinski definition) is 4. The number of nitrogens with one attached hydrogen (secondary N) is 1. The average Bonchev–Trinajstić information content (AvgIpc) is 2.64. The maximum absolute atomic E-state index is 5.68. The van der Waals surface area contributed by atoms with E-state index in [0.29, 0.717) is 0 Å². The van der Waals surface area contributed by atoms with E-state index in [1.807, 2.05) is 17.9 Å². The number of hydrogen-bond donors (Lipinski definition) is 2. The van der Waals surface area contributed by atoms with Crippen molar-refractivity contribution < 1.29 is 0 Å². The van der Waals surface area contributed by atoms with Crippen LogP contribution in [0.25, 0.3) is 0 Å². The molecule has 1 heterocycles. The summed E-state index contributed by atoms with van der Waals surface area (Å²) in [4.78, 5) is 2.20. The zero-order valence-corrected chi connectivity index (χ0v) is 11.6. The van der Waals surface area contributed by atoms with E-state index in [2.05, 4.69) is 49.4 Å². The van der Waals surface area contributed by atoms with Gasteiger partial charge in [-0.3, -0.25) is 16.0 Å². The Morgan fingerprint density at radius 2 is 2.18 bits per heavy atom. The van der Waals surface area contributed by atoms with Crippen LogP contribution in [0.5, 0.6) is 0 Å². The number of aryl methyl sites for hydroxylation is 2. The van der Waals surface area contributed by atoms with Gasteiger partial charge in [0.1, 0.15) is 0 Å². The van der Waals surface area contributed by atoms with Crippen LogP contribution < -0.4 is 11.3 Å².